The maximum absolute atomic E-state index is 13.8. The van der Waals surface area contributed by atoms with Gasteiger partial charge in [0.1, 0.15) is 5.82 Å². The van der Waals surface area contributed by atoms with E-state index in [2.05, 4.69) is 10.6 Å². The van der Waals surface area contributed by atoms with E-state index in [9.17, 15) is 9.18 Å². The van der Waals surface area contributed by atoms with Gasteiger partial charge in [-0.1, -0.05) is 0 Å². The van der Waals surface area contributed by atoms with Crippen molar-refractivity contribution in [3.05, 3.63) is 29.6 Å². The molecule has 2 atom stereocenters. The summed E-state index contributed by atoms with van der Waals surface area (Å²) in [6.07, 6.45) is 4.51. The van der Waals surface area contributed by atoms with E-state index in [-0.39, 0.29) is 23.5 Å². The maximum Gasteiger partial charge on any atom is 0.319 e. The highest BCUT2D eigenvalue weighted by molar-refractivity contribution is 5.89. The van der Waals surface area contributed by atoms with E-state index in [1.54, 1.807) is 12.1 Å². The molecule has 1 aromatic rings. The summed E-state index contributed by atoms with van der Waals surface area (Å²) < 4.78 is 25.1. The molecule has 0 bridgehead atoms. The standard InChI is InChI=1S/C18H23FN2O3/c19-16-4-3-13(9-15(16)12-1-2-12)20-17(22)21-14-5-7-24-18(10-14)6-8-23-11-18/h3-4,9,12,14H,1-2,5-8,10-11H2,(H2,20,21,22)/t14-,18+/m0/s1. The summed E-state index contributed by atoms with van der Waals surface area (Å²) in [6, 6.07) is 4.62. The van der Waals surface area contributed by atoms with Crippen LogP contribution in [0.5, 0.6) is 0 Å². The van der Waals surface area contributed by atoms with E-state index in [0.29, 0.717) is 30.4 Å². The molecule has 0 unspecified atom stereocenters. The van der Waals surface area contributed by atoms with Crippen molar-refractivity contribution in [3.63, 3.8) is 0 Å². The molecule has 2 saturated heterocycles. The molecule has 3 fully saturated rings. The number of benzene rings is 1. The SMILES string of the molecule is O=C(Nc1ccc(F)c(C2CC2)c1)N[C@H]1CCO[C@]2(CCOC2)C1. The Hall–Kier alpha value is -1.66. The summed E-state index contributed by atoms with van der Waals surface area (Å²) in [5.74, 6) is 0.128. The van der Waals surface area contributed by atoms with Crippen LogP contribution in [0.4, 0.5) is 14.9 Å². The molecule has 6 heteroatoms. The van der Waals surface area contributed by atoms with Crippen LogP contribution in [0, 0.1) is 5.82 Å². The molecule has 130 valence electrons. The van der Waals surface area contributed by atoms with Crippen molar-refractivity contribution in [1.29, 1.82) is 0 Å². The second-order valence-corrected chi connectivity index (χ2v) is 7.13. The van der Waals surface area contributed by atoms with Gasteiger partial charge in [-0.2, -0.15) is 0 Å². The molecular formula is C18H23FN2O3. The smallest absolute Gasteiger partial charge is 0.319 e. The van der Waals surface area contributed by atoms with Gasteiger partial charge in [-0.05, 0) is 55.4 Å². The summed E-state index contributed by atoms with van der Waals surface area (Å²) in [5.41, 5.74) is 1.12. The molecule has 2 amide bonds. The van der Waals surface area contributed by atoms with Crippen LogP contribution in [0.3, 0.4) is 0 Å². The Morgan fingerprint density at radius 2 is 2.12 bits per heavy atom. The second-order valence-electron chi connectivity index (χ2n) is 7.13. The van der Waals surface area contributed by atoms with E-state index in [0.717, 1.165) is 38.7 Å². The van der Waals surface area contributed by atoms with Gasteiger partial charge in [-0.25, -0.2) is 9.18 Å². The minimum absolute atomic E-state index is 0.0730. The Balaban J connectivity index is 1.35. The van der Waals surface area contributed by atoms with Crippen LogP contribution >= 0.6 is 0 Å². The number of hydrogen-bond donors (Lipinski definition) is 2. The van der Waals surface area contributed by atoms with Crippen molar-refractivity contribution >= 4 is 11.7 Å². The number of nitrogens with one attached hydrogen (secondary N) is 2. The monoisotopic (exact) mass is 334 g/mol. The largest absolute Gasteiger partial charge is 0.378 e. The molecule has 1 aromatic carbocycles. The predicted molar refractivity (Wildman–Crippen MR) is 87.7 cm³/mol. The lowest BCUT2D eigenvalue weighted by Gasteiger charge is -2.37. The fourth-order valence-corrected chi connectivity index (χ4v) is 3.70. The van der Waals surface area contributed by atoms with Crippen molar-refractivity contribution in [2.45, 2.75) is 49.7 Å². The minimum atomic E-state index is -0.246. The molecule has 1 spiro atoms. The molecule has 3 aliphatic rings. The van der Waals surface area contributed by atoms with Gasteiger partial charge < -0.3 is 20.1 Å². The zero-order valence-electron chi connectivity index (χ0n) is 13.6. The van der Waals surface area contributed by atoms with Gasteiger partial charge in [0.2, 0.25) is 0 Å². The van der Waals surface area contributed by atoms with Gasteiger partial charge in [0.05, 0.1) is 12.2 Å². The molecule has 2 N–H and O–H groups in total. The van der Waals surface area contributed by atoms with Crippen molar-refractivity contribution in [1.82, 2.24) is 5.32 Å². The van der Waals surface area contributed by atoms with Crippen molar-refractivity contribution < 1.29 is 18.7 Å². The topological polar surface area (TPSA) is 59.6 Å². The van der Waals surface area contributed by atoms with E-state index in [1.165, 1.54) is 6.07 Å². The molecule has 0 aromatic heterocycles. The molecule has 2 heterocycles. The molecular weight excluding hydrogens is 311 g/mol. The lowest BCUT2D eigenvalue weighted by Crippen LogP contribution is -2.49. The summed E-state index contributed by atoms with van der Waals surface area (Å²) in [5, 5.41) is 5.85. The van der Waals surface area contributed by atoms with Crippen molar-refractivity contribution in [2.24, 2.45) is 0 Å². The van der Waals surface area contributed by atoms with Crippen LogP contribution in [0.2, 0.25) is 0 Å². The molecule has 24 heavy (non-hydrogen) atoms. The average molecular weight is 334 g/mol. The number of carbonyl (C=O) groups is 1. The van der Waals surface area contributed by atoms with Gasteiger partial charge in [-0.3, -0.25) is 0 Å². The number of urea groups is 1. The molecule has 0 radical (unpaired) electrons. The normalized spacial score (nSPS) is 29.6. The van der Waals surface area contributed by atoms with Crippen LogP contribution in [0.1, 0.15) is 43.6 Å². The van der Waals surface area contributed by atoms with Crippen molar-refractivity contribution in [2.75, 3.05) is 25.1 Å². The zero-order valence-corrected chi connectivity index (χ0v) is 13.6. The highest BCUT2D eigenvalue weighted by Crippen LogP contribution is 2.42. The van der Waals surface area contributed by atoms with Gasteiger partial charge >= 0.3 is 6.03 Å². The van der Waals surface area contributed by atoms with E-state index in [4.69, 9.17) is 9.47 Å². The van der Waals surface area contributed by atoms with Crippen LogP contribution in [0.25, 0.3) is 0 Å². The van der Waals surface area contributed by atoms with Gasteiger partial charge in [0, 0.05) is 31.4 Å². The summed E-state index contributed by atoms with van der Waals surface area (Å²) in [6.45, 7) is 1.96. The maximum atomic E-state index is 13.8. The van der Waals surface area contributed by atoms with Crippen LogP contribution in [0.15, 0.2) is 18.2 Å². The fourth-order valence-electron chi connectivity index (χ4n) is 3.70. The Morgan fingerprint density at radius 1 is 1.25 bits per heavy atom. The Labute approximate surface area is 140 Å². The third kappa shape index (κ3) is 3.39. The number of carbonyl (C=O) groups excluding carboxylic acids is 1. The zero-order chi connectivity index (χ0) is 16.6. The lowest BCUT2D eigenvalue weighted by molar-refractivity contribution is -0.0877. The van der Waals surface area contributed by atoms with Crippen LogP contribution in [-0.2, 0) is 9.47 Å². The van der Waals surface area contributed by atoms with Crippen LogP contribution in [-0.4, -0.2) is 37.5 Å². The summed E-state index contributed by atoms with van der Waals surface area (Å²) >= 11 is 0. The number of halogens is 1. The first-order chi connectivity index (χ1) is 11.6. The Bertz CT molecular complexity index is 627. The highest BCUT2D eigenvalue weighted by Gasteiger charge is 2.41. The molecule has 4 rings (SSSR count). The Morgan fingerprint density at radius 3 is 2.88 bits per heavy atom. The van der Waals surface area contributed by atoms with E-state index in [1.807, 2.05) is 0 Å². The first kappa shape index (κ1) is 15.8. The lowest BCUT2D eigenvalue weighted by atomic mass is 9.90. The minimum Gasteiger partial charge on any atom is -0.378 e. The number of hydrogen-bond acceptors (Lipinski definition) is 3. The second kappa shape index (κ2) is 6.33. The number of ether oxygens (including phenoxy) is 2. The van der Waals surface area contributed by atoms with Crippen molar-refractivity contribution in [3.8, 4) is 0 Å². The quantitative estimate of drug-likeness (QED) is 0.893. The van der Waals surface area contributed by atoms with Gasteiger partial charge in [0.15, 0.2) is 0 Å². The predicted octanol–water partition coefficient (Wildman–Crippen LogP) is 3.16. The number of anilines is 1. The number of rotatable bonds is 3. The molecule has 2 aliphatic heterocycles. The Kier molecular flexibility index (Phi) is 4.18. The van der Waals surface area contributed by atoms with E-state index < -0.39 is 0 Å². The first-order valence-electron chi connectivity index (χ1n) is 8.72. The first-order valence-corrected chi connectivity index (χ1v) is 8.72. The average Bonchev–Trinajstić information content (AvgIpc) is 3.31. The fraction of sp³-hybridized carbons (Fsp3) is 0.611. The molecule has 1 aliphatic carbocycles. The van der Waals surface area contributed by atoms with E-state index >= 15 is 0 Å². The van der Waals surface area contributed by atoms with Crippen LogP contribution < -0.4 is 10.6 Å². The third-order valence-corrected chi connectivity index (χ3v) is 5.17. The summed E-state index contributed by atoms with van der Waals surface area (Å²) in [7, 11) is 0. The highest BCUT2D eigenvalue weighted by atomic mass is 19.1. The third-order valence-electron chi connectivity index (χ3n) is 5.17. The molecule has 5 nitrogen and oxygen atoms in total. The molecule has 1 saturated carbocycles. The number of amides is 2. The summed E-state index contributed by atoms with van der Waals surface area (Å²) in [4.78, 5) is 12.3. The van der Waals surface area contributed by atoms with Gasteiger partial charge in [-0.15, -0.1) is 0 Å². The van der Waals surface area contributed by atoms with Gasteiger partial charge in [0.25, 0.3) is 0 Å².